The van der Waals surface area contributed by atoms with Gasteiger partial charge in [0.15, 0.2) is 0 Å². The average molecular weight is 434 g/mol. The highest BCUT2D eigenvalue weighted by atomic mass is 16.4. The van der Waals surface area contributed by atoms with Gasteiger partial charge in [-0.1, -0.05) is 48.5 Å². The first-order valence-corrected chi connectivity index (χ1v) is 10.8. The summed E-state index contributed by atoms with van der Waals surface area (Å²) in [4.78, 5) is 27.0. The van der Waals surface area contributed by atoms with Crippen LogP contribution in [0.25, 0.3) is 0 Å². The van der Waals surface area contributed by atoms with E-state index in [1.807, 2.05) is 48.5 Å². The Morgan fingerprint density at radius 1 is 1.00 bits per heavy atom. The Balaban J connectivity index is 1.37. The van der Waals surface area contributed by atoms with Crippen LogP contribution < -0.4 is 10.6 Å². The van der Waals surface area contributed by atoms with Gasteiger partial charge in [0.25, 0.3) is 5.91 Å². The number of rotatable bonds is 7. The van der Waals surface area contributed by atoms with E-state index in [9.17, 15) is 9.59 Å². The number of nitrogens with zero attached hydrogens (tertiary/aromatic N) is 3. The number of hydrogen-bond donors (Lipinski definition) is 2. The molecule has 1 saturated heterocycles. The van der Waals surface area contributed by atoms with E-state index < -0.39 is 0 Å². The zero-order valence-electron chi connectivity index (χ0n) is 18.0. The molecule has 8 heteroatoms. The maximum atomic E-state index is 12.8. The number of carbonyl (C=O) groups is 2. The number of benzene rings is 2. The van der Waals surface area contributed by atoms with Crippen LogP contribution in [0.5, 0.6) is 0 Å². The van der Waals surface area contributed by atoms with Gasteiger partial charge in [-0.25, -0.2) is 4.79 Å². The lowest BCUT2D eigenvalue weighted by atomic mass is 9.96. The Labute approximate surface area is 187 Å². The largest absolute Gasteiger partial charge is 0.425 e. The molecular weight excluding hydrogens is 406 g/mol. The van der Waals surface area contributed by atoms with Crippen LogP contribution in [0, 0.1) is 12.8 Å². The number of hydrogen-bond acceptors (Lipinski definition) is 5. The fourth-order valence-electron chi connectivity index (χ4n) is 3.97. The monoisotopic (exact) mass is 433 g/mol. The predicted molar refractivity (Wildman–Crippen MR) is 119 cm³/mol. The van der Waals surface area contributed by atoms with Crippen LogP contribution in [0.4, 0.5) is 4.79 Å². The number of aromatic nitrogens is 2. The van der Waals surface area contributed by atoms with Crippen molar-refractivity contribution in [1.29, 1.82) is 0 Å². The smallest absolute Gasteiger partial charge is 0.317 e. The molecule has 2 heterocycles. The second kappa shape index (κ2) is 10.1. The lowest BCUT2D eigenvalue weighted by molar-refractivity contribution is 0.0946. The van der Waals surface area contributed by atoms with E-state index in [1.54, 1.807) is 24.0 Å². The van der Waals surface area contributed by atoms with Crippen LogP contribution in [0.2, 0.25) is 0 Å². The van der Waals surface area contributed by atoms with Crippen molar-refractivity contribution in [2.24, 2.45) is 5.92 Å². The third-order valence-corrected chi connectivity index (χ3v) is 5.68. The highest BCUT2D eigenvalue weighted by molar-refractivity contribution is 5.94. The summed E-state index contributed by atoms with van der Waals surface area (Å²) >= 11 is 0. The summed E-state index contributed by atoms with van der Waals surface area (Å²) < 4.78 is 5.66. The molecule has 0 aliphatic carbocycles. The molecule has 166 valence electrons. The van der Waals surface area contributed by atoms with Crippen LogP contribution >= 0.6 is 0 Å². The van der Waals surface area contributed by atoms with Gasteiger partial charge in [0.1, 0.15) is 0 Å². The third-order valence-electron chi connectivity index (χ3n) is 5.68. The minimum atomic E-state index is -0.142. The van der Waals surface area contributed by atoms with Crippen molar-refractivity contribution in [3.63, 3.8) is 0 Å². The second-order valence-corrected chi connectivity index (χ2v) is 7.97. The highest BCUT2D eigenvalue weighted by Gasteiger charge is 2.39. The highest BCUT2D eigenvalue weighted by Crippen LogP contribution is 2.31. The summed E-state index contributed by atoms with van der Waals surface area (Å²) in [6, 6.07) is 19.0. The maximum absolute atomic E-state index is 12.8. The zero-order valence-corrected chi connectivity index (χ0v) is 18.0. The van der Waals surface area contributed by atoms with E-state index in [0.717, 1.165) is 6.42 Å². The molecule has 3 amide bonds. The molecule has 0 bridgehead atoms. The molecule has 1 aliphatic heterocycles. The average Bonchev–Trinajstić information content (AvgIpc) is 3.45. The third kappa shape index (κ3) is 5.32. The minimum absolute atomic E-state index is 0.0256. The molecule has 8 nitrogen and oxygen atoms in total. The van der Waals surface area contributed by atoms with Gasteiger partial charge in [0.05, 0.1) is 5.92 Å². The minimum Gasteiger partial charge on any atom is -0.425 e. The van der Waals surface area contributed by atoms with Crippen molar-refractivity contribution in [3.05, 3.63) is 83.6 Å². The molecule has 3 aromatic rings. The number of urea groups is 1. The van der Waals surface area contributed by atoms with Gasteiger partial charge in [0.2, 0.25) is 11.8 Å². The van der Waals surface area contributed by atoms with Crippen molar-refractivity contribution >= 4 is 11.9 Å². The van der Waals surface area contributed by atoms with Gasteiger partial charge < -0.3 is 20.0 Å². The Kier molecular flexibility index (Phi) is 6.79. The molecular formula is C24H27N5O3. The Hall–Kier alpha value is -3.68. The van der Waals surface area contributed by atoms with Crippen molar-refractivity contribution in [2.45, 2.75) is 19.3 Å². The fourth-order valence-corrected chi connectivity index (χ4v) is 3.97. The van der Waals surface area contributed by atoms with E-state index in [0.29, 0.717) is 43.5 Å². The van der Waals surface area contributed by atoms with Crippen molar-refractivity contribution in [2.75, 3.05) is 26.2 Å². The zero-order chi connectivity index (χ0) is 22.3. The number of amides is 3. The van der Waals surface area contributed by atoms with Gasteiger partial charge >= 0.3 is 6.03 Å². The molecule has 32 heavy (non-hydrogen) atoms. The normalized spacial score (nSPS) is 17.8. The van der Waals surface area contributed by atoms with Gasteiger partial charge in [-0.2, -0.15) is 0 Å². The quantitative estimate of drug-likeness (QED) is 0.597. The van der Waals surface area contributed by atoms with Crippen LogP contribution in [-0.4, -0.2) is 53.2 Å². The SMILES string of the molecule is Cc1nnc([C@H]2CN(C(=O)NCCc3ccccc3)C[C@@H]2CNC(=O)c2ccccc2)o1. The number of carbonyl (C=O) groups excluding carboxylic acids is 2. The van der Waals surface area contributed by atoms with E-state index in [-0.39, 0.29) is 23.8 Å². The Morgan fingerprint density at radius 2 is 1.72 bits per heavy atom. The van der Waals surface area contributed by atoms with Gasteiger partial charge in [-0.3, -0.25) is 4.79 Å². The van der Waals surface area contributed by atoms with Gasteiger partial charge in [-0.15, -0.1) is 10.2 Å². The molecule has 0 saturated carbocycles. The first-order chi connectivity index (χ1) is 15.6. The first-order valence-electron chi connectivity index (χ1n) is 10.8. The van der Waals surface area contributed by atoms with E-state index in [4.69, 9.17) is 4.42 Å². The number of likely N-dealkylation sites (tertiary alicyclic amines) is 1. The van der Waals surface area contributed by atoms with Crippen molar-refractivity contribution in [3.8, 4) is 0 Å². The molecule has 2 N–H and O–H groups in total. The molecule has 4 rings (SSSR count). The summed E-state index contributed by atoms with van der Waals surface area (Å²) in [7, 11) is 0. The summed E-state index contributed by atoms with van der Waals surface area (Å²) in [5.41, 5.74) is 1.78. The van der Waals surface area contributed by atoms with Crippen LogP contribution in [0.15, 0.2) is 65.1 Å². The molecule has 1 fully saturated rings. The first kappa shape index (κ1) is 21.5. The van der Waals surface area contributed by atoms with Crippen LogP contribution in [0.1, 0.15) is 33.6 Å². The van der Waals surface area contributed by atoms with Crippen molar-refractivity contribution in [1.82, 2.24) is 25.7 Å². The number of aryl methyl sites for hydroxylation is 1. The van der Waals surface area contributed by atoms with Crippen LogP contribution in [-0.2, 0) is 6.42 Å². The van der Waals surface area contributed by atoms with E-state index in [2.05, 4.69) is 20.8 Å². The lowest BCUT2D eigenvalue weighted by Crippen LogP contribution is -2.40. The molecule has 1 aliphatic rings. The summed E-state index contributed by atoms with van der Waals surface area (Å²) in [6.45, 7) is 3.67. The second-order valence-electron chi connectivity index (χ2n) is 7.97. The maximum Gasteiger partial charge on any atom is 0.317 e. The fraction of sp³-hybridized carbons (Fsp3) is 0.333. The molecule has 2 atom stereocenters. The number of nitrogens with one attached hydrogen (secondary N) is 2. The summed E-state index contributed by atoms with van der Waals surface area (Å²) in [6.07, 6.45) is 0.767. The van der Waals surface area contributed by atoms with Crippen molar-refractivity contribution < 1.29 is 14.0 Å². The van der Waals surface area contributed by atoms with E-state index >= 15 is 0 Å². The van der Waals surface area contributed by atoms with Crippen LogP contribution in [0.3, 0.4) is 0 Å². The molecule has 0 radical (unpaired) electrons. The Bertz CT molecular complexity index is 1040. The standard InChI is InChI=1S/C24H27N5O3/c1-17-27-28-23(32-17)21-16-29(24(31)25-13-12-18-8-4-2-5-9-18)15-20(21)14-26-22(30)19-10-6-3-7-11-19/h2-11,20-21H,12-16H2,1H3,(H,25,31)(H,26,30)/t20-,21-/m0/s1. The van der Waals surface area contributed by atoms with Gasteiger partial charge in [-0.05, 0) is 24.1 Å². The lowest BCUT2D eigenvalue weighted by Gasteiger charge is -2.17. The Morgan fingerprint density at radius 3 is 2.41 bits per heavy atom. The van der Waals surface area contributed by atoms with Gasteiger partial charge in [0, 0.05) is 44.6 Å². The summed E-state index contributed by atoms with van der Waals surface area (Å²) in [5.74, 6) is 0.685. The topological polar surface area (TPSA) is 100 Å². The predicted octanol–water partition coefficient (Wildman–Crippen LogP) is 2.78. The molecule has 1 aromatic heterocycles. The molecule has 2 aromatic carbocycles. The summed E-state index contributed by atoms with van der Waals surface area (Å²) in [5, 5.41) is 14.1. The molecule has 0 spiro atoms. The molecule has 0 unspecified atom stereocenters. The van der Waals surface area contributed by atoms with E-state index in [1.165, 1.54) is 5.56 Å².